The summed E-state index contributed by atoms with van der Waals surface area (Å²) in [5.74, 6) is -0.201. The van der Waals surface area contributed by atoms with E-state index in [1.807, 2.05) is 38.1 Å². The fraction of sp³-hybridized carbons (Fsp3) is 0.333. The van der Waals surface area contributed by atoms with Gasteiger partial charge in [-0.3, -0.25) is 9.69 Å². The molecule has 5 rings (SSSR count). The number of carbonyl (C=O) groups is 2. The molecule has 1 fully saturated rings. The third-order valence-electron chi connectivity index (χ3n) is 8.38. The smallest absolute Gasteiger partial charge is 0.341 e. The number of nitrogens with two attached hydrogens (primary N) is 1. The lowest BCUT2D eigenvalue weighted by Crippen LogP contribution is -2.43. The van der Waals surface area contributed by atoms with Gasteiger partial charge in [0, 0.05) is 29.6 Å². The van der Waals surface area contributed by atoms with E-state index in [1.54, 1.807) is 38.2 Å². The number of urea groups is 1. The van der Waals surface area contributed by atoms with Crippen LogP contribution in [0.1, 0.15) is 54.4 Å². The van der Waals surface area contributed by atoms with E-state index in [2.05, 4.69) is 4.98 Å². The topological polar surface area (TPSA) is 126 Å². The average molecular weight is 613 g/mol. The minimum atomic E-state index is -4.44. The number of nitrogens with one attached hydrogen (secondary N) is 1. The third-order valence-corrected chi connectivity index (χ3v) is 10.1. The molecule has 2 atom stereocenters. The average Bonchev–Trinajstić information content (AvgIpc) is 3.53. The molecule has 1 aliphatic heterocycles. The van der Waals surface area contributed by atoms with E-state index in [0.717, 1.165) is 49.6 Å². The quantitative estimate of drug-likeness (QED) is 0.141. The first-order chi connectivity index (χ1) is 20.9. The SMILES string of the molecule is [B]c1cc(Oc2ccc(S(=O)(=O)N3C(=O)N(CCCCCN)C(=O)C3C(C)c3c[nH]c4c(C)cccc34)cc2C)ccc1C. The molecule has 1 aromatic heterocycles. The van der Waals surface area contributed by atoms with E-state index in [9.17, 15) is 18.0 Å². The van der Waals surface area contributed by atoms with Crippen LogP contribution in [0.25, 0.3) is 10.9 Å². The Morgan fingerprint density at radius 2 is 1.75 bits per heavy atom. The monoisotopic (exact) mass is 612 g/mol. The fourth-order valence-electron chi connectivity index (χ4n) is 5.75. The molecule has 0 spiro atoms. The number of unbranched alkanes of at least 4 members (excludes halogenated alkanes) is 2. The van der Waals surface area contributed by atoms with Crippen molar-refractivity contribution in [2.24, 2.45) is 5.73 Å². The van der Waals surface area contributed by atoms with Crippen molar-refractivity contribution in [3.8, 4) is 11.5 Å². The molecule has 228 valence electrons. The highest BCUT2D eigenvalue weighted by molar-refractivity contribution is 7.89. The molecule has 0 saturated carbocycles. The Labute approximate surface area is 259 Å². The van der Waals surface area contributed by atoms with Gasteiger partial charge >= 0.3 is 6.03 Å². The second-order valence-corrected chi connectivity index (χ2v) is 13.3. The molecule has 1 saturated heterocycles. The number of aryl methyl sites for hydroxylation is 3. The van der Waals surface area contributed by atoms with Crippen molar-refractivity contribution in [2.75, 3.05) is 13.1 Å². The molecular formula is C33H37BN4O5S. The number of nitrogens with zero attached hydrogens (tertiary/aromatic N) is 2. The summed E-state index contributed by atoms with van der Waals surface area (Å²) in [5, 5.41) is 0.880. The van der Waals surface area contributed by atoms with Gasteiger partial charge in [0.05, 0.1) is 4.90 Å². The van der Waals surface area contributed by atoms with Crippen LogP contribution in [0.3, 0.4) is 0 Å². The van der Waals surface area contributed by atoms with Gasteiger partial charge < -0.3 is 15.5 Å². The molecule has 1 aliphatic rings. The molecule has 2 heterocycles. The number of sulfonamides is 1. The summed E-state index contributed by atoms with van der Waals surface area (Å²) in [6.45, 7) is 7.99. The van der Waals surface area contributed by atoms with Crippen LogP contribution in [0.5, 0.6) is 11.5 Å². The summed E-state index contributed by atoms with van der Waals surface area (Å²) in [5.41, 5.74) is 10.3. The molecule has 44 heavy (non-hydrogen) atoms. The van der Waals surface area contributed by atoms with Gasteiger partial charge in [0.25, 0.3) is 15.9 Å². The number of rotatable bonds is 11. The second kappa shape index (κ2) is 12.5. The molecule has 0 bridgehead atoms. The lowest BCUT2D eigenvalue weighted by molar-refractivity contribution is -0.128. The maximum atomic E-state index is 14.3. The number of para-hydroxylation sites is 1. The zero-order valence-electron chi connectivity index (χ0n) is 25.5. The van der Waals surface area contributed by atoms with Crippen LogP contribution in [0, 0.1) is 20.8 Å². The zero-order chi connectivity index (χ0) is 31.8. The van der Waals surface area contributed by atoms with Gasteiger partial charge in [0.2, 0.25) is 0 Å². The first kappa shape index (κ1) is 31.3. The first-order valence-corrected chi connectivity index (χ1v) is 16.2. The number of fused-ring (bicyclic) bond motifs is 1. The largest absolute Gasteiger partial charge is 0.457 e. The summed E-state index contributed by atoms with van der Waals surface area (Å²) < 4.78 is 35.3. The molecule has 3 N–H and O–H groups in total. The number of aromatic amines is 1. The number of amides is 3. The molecular weight excluding hydrogens is 575 g/mol. The molecule has 2 radical (unpaired) electrons. The van der Waals surface area contributed by atoms with Gasteiger partial charge in [-0.2, -0.15) is 0 Å². The second-order valence-electron chi connectivity index (χ2n) is 11.4. The van der Waals surface area contributed by atoms with E-state index in [0.29, 0.717) is 35.5 Å². The minimum Gasteiger partial charge on any atom is -0.457 e. The number of aromatic nitrogens is 1. The van der Waals surface area contributed by atoms with Crippen molar-refractivity contribution in [3.05, 3.63) is 83.0 Å². The van der Waals surface area contributed by atoms with Gasteiger partial charge in [0.15, 0.2) is 0 Å². The van der Waals surface area contributed by atoms with Crippen LogP contribution in [0.4, 0.5) is 4.79 Å². The Kier molecular flexibility index (Phi) is 8.90. The molecule has 4 aromatic rings. The van der Waals surface area contributed by atoms with Crippen molar-refractivity contribution >= 4 is 46.2 Å². The van der Waals surface area contributed by atoms with Crippen LogP contribution in [0.2, 0.25) is 0 Å². The van der Waals surface area contributed by atoms with Crippen molar-refractivity contribution < 1.29 is 22.7 Å². The lowest BCUT2D eigenvalue weighted by atomic mass is 9.91. The number of carbonyl (C=O) groups excluding carboxylic acids is 2. The third kappa shape index (κ3) is 5.74. The minimum absolute atomic E-state index is 0.108. The van der Waals surface area contributed by atoms with Crippen LogP contribution < -0.4 is 15.9 Å². The van der Waals surface area contributed by atoms with Gasteiger partial charge in [-0.05, 0) is 87.2 Å². The van der Waals surface area contributed by atoms with E-state index in [1.165, 1.54) is 12.1 Å². The maximum Gasteiger partial charge on any atom is 0.341 e. The van der Waals surface area contributed by atoms with Crippen LogP contribution in [-0.4, -0.2) is 61.5 Å². The molecule has 0 aliphatic carbocycles. The van der Waals surface area contributed by atoms with Gasteiger partial charge in [0.1, 0.15) is 25.4 Å². The van der Waals surface area contributed by atoms with Crippen molar-refractivity contribution in [1.82, 2.24) is 14.2 Å². The van der Waals surface area contributed by atoms with Crippen molar-refractivity contribution in [1.29, 1.82) is 0 Å². The standard InChI is InChI=1S/C33H37BN4O5S/c1-20-11-12-24(18-28(20)34)43-29-14-13-25(17-22(29)3)44(41,42)38-31(32(39)37(33(38)40)16-7-5-6-15-35)23(4)27-19-36-30-21(2)9-8-10-26(27)30/h8-14,17-19,23,31,36H,5-7,15-16,35H2,1-4H3. The summed E-state index contributed by atoms with van der Waals surface area (Å²) in [6.07, 6.45) is 3.79. The summed E-state index contributed by atoms with van der Waals surface area (Å²) in [7, 11) is 1.57. The fourth-order valence-corrected chi connectivity index (χ4v) is 7.42. The van der Waals surface area contributed by atoms with Crippen LogP contribution in [-0.2, 0) is 14.8 Å². The number of ether oxygens (including phenoxy) is 1. The number of imide groups is 1. The summed E-state index contributed by atoms with van der Waals surface area (Å²) in [4.78, 5) is 32.0. The Hall–Kier alpha value is -4.09. The van der Waals surface area contributed by atoms with Crippen molar-refractivity contribution in [3.63, 3.8) is 0 Å². The Bertz CT molecular complexity index is 1840. The Morgan fingerprint density at radius 1 is 0.977 bits per heavy atom. The highest BCUT2D eigenvalue weighted by Crippen LogP contribution is 2.38. The molecule has 3 aromatic carbocycles. The zero-order valence-corrected chi connectivity index (χ0v) is 26.3. The molecule has 3 amide bonds. The summed E-state index contributed by atoms with van der Waals surface area (Å²) in [6, 6.07) is 13.4. The Balaban J connectivity index is 1.51. The van der Waals surface area contributed by atoms with E-state index >= 15 is 0 Å². The first-order valence-electron chi connectivity index (χ1n) is 14.8. The Morgan fingerprint density at radius 3 is 2.45 bits per heavy atom. The van der Waals surface area contributed by atoms with Gasteiger partial charge in [-0.1, -0.05) is 48.6 Å². The normalized spacial score (nSPS) is 16.2. The highest BCUT2D eigenvalue weighted by atomic mass is 32.2. The predicted octanol–water partition coefficient (Wildman–Crippen LogP) is 4.93. The van der Waals surface area contributed by atoms with Gasteiger partial charge in [-0.25, -0.2) is 17.5 Å². The maximum absolute atomic E-state index is 14.3. The van der Waals surface area contributed by atoms with E-state index in [4.69, 9.17) is 18.3 Å². The van der Waals surface area contributed by atoms with Crippen LogP contribution in [0.15, 0.2) is 65.7 Å². The number of H-pyrrole nitrogens is 1. The van der Waals surface area contributed by atoms with Crippen LogP contribution >= 0.6 is 0 Å². The predicted molar refractivity (Wildman–Crippen MR) is 172 cm³/mol. The highest BCUT2D eigenvalue weighted by Gasteiger charge is 2.53. The number of hydrogen-bond donors (Lipinski definition) is 2. The summed E-state index contributed by atoms with van der Waals surface area (Å²) >= 11 is 0. The molecule has 2 unspecified atom stereocenters. The molecule has 9 nitrogen and oxygen atoms in total. The number of benzene rings is 3. The lowest BCUT2D eigenvalue weighted by Gasteiger charge is -2.26. The number of hydrogen-bond acceptors (Lipinski definition) is 6. The molecule has 11 heteroatoms. The van der Waals surface area contributed by atoms with Gasteiger partial charge in [-0.15, -0.1) is 0 Å². The van der Waals surface area contributed by atoms with Crippen molar-refractivity contribution in [2.45, 2.75) is 63.8 Å². The van der Waals surface area contributed by atoms with E-state index in [-0.39, 0.29) is 11.4 Å². The van der Waals surface area contributed by atoms with E-state index < -0.39 is 33.9 Å².